The van der Waals surface area contributed by atoms with Gasteiger partial charge in [0, 0.05) is 12.7 Å². The van der Waals surface area contributed by atoms with Gasteiger partial charge in [-0.3, -0.25) is 9.40 Å². The van der Waals surface area contributed by atoms with Crippen molar-refractivity contribution in [3.05, 3.63) is 53.7 Å². The van der Waals surface area contributed by atoms with Crippen molar-refractivity contribution in [2.45, 2.75) is 20.4 Å². The smallest absolute Gasteiger partial charge is 0.255 e. The van der Waals surface area contributed by atoms with Crippen molar-refractivity contribution in [3.8, 4) is 0 Å². The van der Waals surface area contributed by atoms with Gasteiger partial charge in [-0.15, -0.1) is 0 Å². The molecule has 1 aromatic heterocycles. The normalized spacial score (nSPS) is 12.1. The summed E-state index contributed by atoms with van der Waals surface area (Å²) in [5.74, 6) is 0. The maximum Gasteiger partial charge on any atom is 0.255 e. The number of hydrogen-bond donors (Lipinski definition) is 1. The molecule has 0 saturated heterocycles. The summed E-state index contributed by atoms with van der Waals surface area (Å²) >= 11 is 0. The SMILES string of the molecule is CCN(CC)CCn1cc(NS(=O)(=O)C=Cc2ccccc2)cn1. The van der Waals surface area contributed by atoms with Gasteiger partial charge in [0.05, 0.1) is 23.8 Å². The lowest BCUT2D eigenvalue weighted by atomic mass is 10.2. The zero-order valence-corrected chi connectivity index (χ0v) is 14.9. The van der Waals surface area contributed by atoms with Crippen LogP contribution in [0.15, 0.2) is 48.1 Å². The summed E-state index contributed by atoms with van der Waals surface area (Å²) in [5.41, 5.74) is 1.30. The maximum absolute atomic E-state index is 12.1. The quantitative estimate of drug-likeness (QED) is 0.756. The van der Waals surface area contributed by atoms with E-state index in [1.165, 1.54) is 6.20 Å². The van der Waals surface area contributed by atoms with Crippen LogP contribution >= 0.6 is 0 Å². The van der Waals surface area contributed by atoms with Gasteiger partial charge in [0.2, 0.25) is 0 Å². The fourth-order valence-corrected chi connectivity index (χ4v) is 3.09. The molecule has 2 rings (SSSR count). The standard InChI is InChI=1S/C17H24N4O2S/c1-3-20(4-2)11-12-21-15-17(14-18-21)19-24(22,23)13-10-16-8-6-5-7-9-16/h5-10,13-15,19H,3-4,11-12H2,1-2H3. The number of likely N-dealkylation sites (N-methyl/N-ethyl adjacent to an activating group) is 1. The molecule has 1 heterocycles. The lowest BCUT2D eigenvalue weighted by Gasteiger charge is -2.17. The van der Waals surface area contributed by atoms with E-state index in [1.807, 2.05) is 30.3 Å². The molecule has 0 aliphatic heterocycles. The van der Waals surface area contributed by atoms with Crippen LogP contribution in [0.3, 0.4) is 0 Å². The fraction of sp³-hybridized carbons (Fsp3) is 0.353. The summed E-state index contributed by atoms with van der Waals surface area (Å²) in [6.45, 7) is 7.82. The molecule has 0 spiro atoms. The monoisotopic (exact) mass is 348 g/mol. The van der Waals surface area contributed by atoms with Crippen molar-refractivity contribution in [3.63, 3.8) is 0 Å². The second-order valence-corrected chi connectivity index (χ2v) is 6.95. The third-order valence-corrected chi connectivity index (χ3v) is 4.69. The van der Waals surface area contributed by atoms with Gasteiger partial charge in [-0.25, -0.2) is 8.42 Å². The van der Waals surface area contributed by atoms with E-state index in [0.29, 0.717) is 5.69 Å². The van der Waals surface area contributed by atoms with Gasteiger partial charge in [-0.2, -0.15) is 5.10 Å². The van der Waals surface area contributed by atoms with Gasteiger partial charge in [-0.1, -0.05) is 44.2 Å². The number of aromatic nitrogens is 2. The minimum absolute atomic E-state index is 0.465. The molecular formula is C17H24N4O2S. The Bertz CT molecular complexity index is 750. The second-order valence-electron chi connectivity index (χ2n) is 5.38. The number of benzene rings is 1. The van der Waals surface area contributed by atoms with E-state index >= 15 is 0 Å². The van der Waals surface area contributed by atoms with Crippen LogP contribution in [0.1, 0.15) is 19.4 Å². The third kappa shape index (κ3) is 5.82. The summed E-state index contributed by atoms with van der Waals surface area (Å²) in [7, 11) is -3.55. The number of nitrogens with one attached hydrogen (secondary N) is 1. The lowest BCUT2D eigenvalue weighted by Crippen LogP contribution is -2.27. The van der Waals surface area contributed by atoms with Crippen molar-refractivity contribution in [1.82, 2.24) is 14.7 Å². The van der Waals surface area contributed by atoms with Crippen molar-refractivity contribution < 1.29 is 8.42 Å². The van der Waals surface area contributed by atoms with Gasteiger partial charge in [0.25, 0.3) is 10.0 Å². The Morgan fingerprint density at radius 3 is 2.58 bits per heavy atom. The fourth-order valence-electron chi connectivity index (χ4n) is 2.25. The Balaban J connectivity index is 1.94. The molecule has 0 saturated carbocycles. The first-order valence-electron chi connectivity index (χ1n) is 8.03. The Kier molecular flexibility index (Phi) is 6.57. The van der Waals surface area contributed by atoms with E-state index in [4.69, 9.17) is 0 Å². The Hall–Kier alpha value is -2.12. The molecule has 2 aromatic rings. The zero-order chi connectivity index (χ0) is 17.4. The number of anilines is 1. The Morgan fingerprint density at radius 1 is 1.21 bits per heavy atom. The largest absolute Gasteiger partial charge is 0.302 e. The molecule has 0 unspecified atom stereocenters. The lowest BCUT2D eigenvalue weighted by molar-refractivity contribution is 0.285. The average molecular weight is 348 g/mol. The molecule has 0 radical (unpaired) electrons. The molecule has 0 aliphatic rings. The summed E-state index contributed by atoms with van der Waals surface area (Å²) < 4.78 is 28.5. The van der Waals surface area contributed by atoms with Crippen LogP contribution in [0.5, 0.6) is 0 Å². The van der Waals surface area contributed by atoms with Gasteiger partial charge in [0.15, 0.2) is 0 Å². The van der Waals surface area contributed by atoms with Crippen LogP contribution in [0, 0.1) is 0 Å². The van der Waals surface area contributed by atoms with Crippen molar-refractivity contribution >= 4 is 21.8 Å². The molecule has 0 aliphatic carbocycles. The van der Waals surface area contributed by atoms with E-state index < -0.39 is 10.0 Å². The molecule has 7 heteroatoms. The third-order valence-electron chi connectivity index (χ3n) is 3.67. The summed E-state index contributed by atoms with van der Waals surface area (Å²) in [5, 5.41) is 5.36. The molecule has 24 heavy (non-hydrogen) atoms. The first-order chi connectivity index (χ1) is 11.5. The van der Waals surface area contributed by atoms with Gasteiger partial charge in [-0.05, 0) is 24.7 Å². The van der Waals surface area contributed by atoms with Crippen molar-refractivity contribution in [2.24, 2.45) is 0 Å². The highest BCUT2D eigenvalue weighted by Crippen LogP contribution is 2.10. The highest BCUT2D eigenvalue weighted by atomic mass is 32.2. The average Bonchev–Trinajstić information content (AvgIpc) is 3.02. The molecule has 130 valence electrons. The maximum atomic E-state index is 12.1. The summed E-state index contributed by atoms with van der Waals surface area (Å²) in [6.07, 6.45) is 4.79. The van der Waals surface area contributed by atoms with Crippen LogP contribution in [0.25, 0.3) is 6.08 Å². The molecule has 1 N–H and O–H groups in total. The molecule has 0 bridgehead atoms. The molecule has 0 fully saturated rings. The van der Waals surface area contributed by atoms with E-state index in [9.17, 15) is 8.42 Å². The summed E-state index contributed by atoms with van der Waals surface area (Å²) in [4.78, 5) is 2.29. The van der Waals surface area contributed by atoms with Crippen LogP contribution in [0.4, 0.5) is 5.69 Å². The highest BCUT2D eigenvalue weighted by molar-refractivity contribution is 7.95. The summed E-state index contributed by atoms with van der Waals surface area (Å²) in [6, 6.07) is 9.30. The van der Waals surface area contributed by atoms with Crippen LogP contribution < -0.4 is 4.72 Å². The van der Waals surface area contributed by atoms with Crippen LogP contribution in [-0.2, 0) is 16.6 Å². The first-order valence-corrected chi connectivity index (χ1v) is 9.58. The minimum atomic E-state index is -3.55. The molecule has 0 atom stereocenters. The van der Waals surface area contributed by atoms with E-state index in [2.05, 4.69) is 28.6 Å². The predicted octanol–water partition coefficient (Wildman–Crippen LogP) is 2.64. The molecule has 0 amide bonds. The molecule has 1 aromatic carbocycles. The van der Waals surface area contributed by atoms with Crippen molar-refractivity contribution in [1.29, 1.82) is 0 Å². The Labute approximate surface area is 143 Å². The zero-order valence-electron chi connectivity index (χ0n) is 14.1. The topological polar surface area (TPSA) is 67.2 Å². The Morgan fingerprint density at radius 2 is 1.92 bits per heavy atom. The van der Waals surface area contributed by atoms with Crippen LogP contribution in [0.2, 0.25) is 0 Å². The predicted molar refractivity (Wildman–Crippen MR) is 98.0 cm³/mol. The van der Waals surface area contributed by atoms with E-state index in [0.717, 1.165) is 37.2 Å². The minimum Gasteiger partial charge on any atom is -0.302 e. The van der Waals surface area contributed by atoms with Gasteiger partial charge >= 0.3 is 0 Å². The van der Waals surface area contributed by atoms with Gasteiger partial charge in [0.1, 0.15) is 0 Å². The number of sulfonamides is 1. The van der Waals surface area contributed by atoms with Crippen molar-refractivity contribution in [2.75, 3.05) is 24.4 Å². The first kappa shape index (κ1) is 18.2. The highest BCUT2D eigenvalue weighted by Gasteiger charge is 2.08. The number of nitrogens with zero attached hydrogens (tertiary/aromatic N) is 3. The van der Waals surface area contributed by atoms with E-state index in [1.54, 1.807) is 17.0 Å². The van der Waals surface area contributed by atoms with E-state index in [-0.39, 0.29) is 0 Å². The molecular weight excluding hydrogens is 324 g/mol. The number of hydrogen-bond acceptors (Lipinski definition) is 4. The molecule has 6 nitrogen and oxygen atoms in total. The number of rotatable bonds is 9. The van der Waals surface area contributed by atoms with Gasteiger partial charge < -0.3 is 4.90 Å². The van der Waals surface area contributed by atoms with Crippen LogP contribution in [-0.4, -0.2) is 42.7 Å². The second kappa shape index (κ2) is 8.65.